The van der Waals surface area contributed by atoms with E-state index in [2.05, 4.69) is 26.7 Å². The molecule has 0 unspecified atom stereocenters. The summed E-state index contributed by atoms with van der Waals surface area (Å²) < 4.78 is 2.05. The second-order valence-corrected chi connectivity index (χ2v) is 4.21. The Labute approximate surface area is 104 Å². The van der Waals surface area contributed by atoms with Crippen molar-refractivity contribution in [3.8, 4) is 11.3 Å². The number of hydrogen-bond donors (Lipinski definition) is 2. The third kappa shape index (κ3) is 1.57. The molecule has 3 aromatic rings. The molecule has 18 heavy (non-hydrogen) atoms. The lowest BCUT2D eigenvalue weighted by molar-refractivity contribution is 0.969. The van der Waals surface area contributed by atoms with Crippen LogP contribution >= 0.6 is 0 Å². The largest absolute Gasteiger partial charge is 0.384 e. The molecule has 0 amide bonds. The highest BCUT2D eigenvalue weighted by Crippen LogP contribution is 2.29. The van der Waals surface area contributed by atoms with Crippen LogP contribution in [0.1, 0.15) is 0 Å². The molecule has 0 aliphatic heterocycles. The van der Waals surface area contributed by atoms with Crippen LogP contribution in [0.4, 0.5) is 11.8 Å². The van der Waals surface area contributed by atoms with E-state index < -0.39 is 0 Å². The topological polar surface area (TPSA) is 82.8 Å². The molecule has 2 heterocycles. The highest BCUT2D eigenvalue weighted by atomic mass is 15.0. The van der Waals surface area contributed by atoms with E-state index >= 15 is 0 Å². The average Bonchev–Trinajstić information content (AvgIpc) is 2.66. The lowest BCUT2D eigenvalue weighted by atomic mass is 10.1. The number of para-hydroxylation sites is 1. The van der Waals surface area contributed by atoms with E-state index in [0.717, 1.165) is 22.2 Å². The molecule has 0 fully saturated rings. The minimum Gasteiger partial charge on any atom is -0.384 e. The molecule has 0 aliphatic carbocycles. The predicted molar refractivity (Wildman–Crippen MR) is 72.8 cm³/mol. The minimum atomic E-state index is 0.193. The summed E-state index contributed by atoms with van der Waals surface area (Å²) in [6.45, 7) is 0. The van der Waals surface area contributed by atoms with Crippen LogP contribution in [0.3, 0.4) is 0 Å². The summed E-state index contributed by atoms with van der Waals surface area (Å²) in [7, 11) is 2.00. The quantitative estimate of drug-likeness (QED) is 0.678. The maximum atomic E-state index is 5.71. The summed E-state index contributed by atoms with van der Waals surface area (Å²) in [4.78, 5) is 8.13. The summed E-state index contributed by atoms with van der Waals surface area (Å²) in [6, 6.07) is 9.86. The number of benzene rings is 1. The number of rotatable bonds is 1. The first-order valence-electron chi connectivity index (χ1n) is 5.59. The number of hydrogen-bond acceptors (Lipinski definition) is 4. The van der Waals surface area contributed by atoms with Gasteiger partial charge < -0.3 is 16.0 Å². The number of fused-ring (bicyclic) bond motifs is 1. The van der Waals surface area contributed by atoms with Crippen molar-refractivity contribution in [2.24, 2.45) is 7.05 Å². The number of nitrogens with two attached hydrogens (primary N) is 2. The second-order valence-electron chi connectivity index (χ2n) is 4.21. The third-order valence-electron chi connectivity index (χ3n) is 2.94. The maximum Gasteiger partial charge on any atom is 0.222 e. The number of aromatic nitrogens is 3. The van der Waals surface area contributed by atoms with Crippen LogP contribution in [-0.2, 0) is 7.05 Å². The molecule has 5 heteroatoms. The highest BCUT2D eigenvalue weighted by Gasteiger charge is 2.10. The lowest BCUT2D eigenvalue weighted by Gasteiger charge is -2.01. The van der Waals surface area contributed by atoms with Crippen molar-refractivity contribution in [1.82, 2.24) is 14.5 Å². The van der Waals surface area contributed by atoms with Gasteiger partial charge in [-0.3, -0.25) is 0 Å². The fourth-order valence-corrected chi connectivity index (χ4v) is 2.17. The van der Waals surface area contributed by atoms with Gasteiger partial charge in [0.2, 0.25) is 5.95 Å². The Bertz CT molecular complexity index is 709. The van der Waals surface area contributed by atoms with Crippen LogP contribution in [0.2, 0.25) is 0 Å². The molecule has 0 saturated heterocycles. The van der Waals surface area contributed by atoms with Crippen LogP contribution < -0.4 is 11.5 Å². The zero-order valence-corrected chi connectivity index (χ0v) is 9.96. The van der Waals surface area contributed by atoms with Gasteiger partial charge in [-0.15, -0.1) is 0 Å². The van der Waals surface area contributed by atoms with E-state index in [1.54, 1.807) is 6.07 Å². The Balaban J connectivity index is 2.31. The second kappa shape index (κ2) is 3.73. The van der Waals surface area contributed by atoms with E-state index in [-0.39, 0.29) is 5.95 Å². The molecule has 0 atom stereocenters. The van der Waals surface area contributed by atoms with E-state index in [1.165, 1.54) is 0 Å². The summed E-state index contributed by atoms with van der Waals surface area (Å²) >= 11 is 0. The van der Waals surface area contributed by atoms with Gasteiger partial charge in [0.25, 0.3) is 0 Å². The first-order chi connectivity index (χ1) is 8.65. The van der Waals surface area contributed by atoms with E-state index in [1.807, 2.05) is 25.4 Å². The van der Waals surface area contributed by atoms with Crippen LogP contribution in [0.5, 0.6) is 0 Å². The van der Waals surface area contributed by atoms with Gasteiger partial charge in [0.15, 0.2) is 0 Å². The number of nitrogen functional groups attached to an aromatic ring is 2. The zero-order chi connectivity index (χ0) is 12.7. The lowest BCUT2D eigenvalue weighted by Crippen LogP contribution is -2.00. The molecule has 3 rings (SSSR count). The van der Waals surface area contributed by atoms with Gasteiger partial charge in [0.1, 0.15) is 5.82 Å². The summed E-state index contributed by atoms with van der Waals surface area (Å²) in [5, 5.41) is 1.12. The first-order valence-corrected chi connectivity index (χ1v) is 5.59. The summed E-state index contributed by atoms with van der Waals surface area (Å²) in [5.74, 6) is 0.573. The van der Waals surface area contributed by atoms with Crippen molar-refractivity contribution < 1.29 is 0 Å². The number of aryl methyl sites for hydroxylation is 1. The third-order valence-corrected chi connectivity index (χ3v) is 2.94. The van der Waals surface area contributed by atoms with Gasteiger partial charge in [-0.2, -0.15) is 4.98 Å². The predicted octanol–water partition coefficient (Wildman–Crippen LogP) is 1.80. The van der Waals surface area contributed by atoms with Crippen molar-refractivity contribution in [3.63, 3.8) is 0 Å². The fraction of sp³-hybridized carbons (Fsp3) is 0.0769. The fourth-order valence-electron chi connectivity index (χ4n) is 2.17. The molecule has 0 bridgehead atoms. The molecule has 1 aromatic carbocycles. The SMILES string of the molecule is Cn1cc(-c2cc(N)nc(N)n2)c2ccccc21. The number of nitrogens with zero attached hydrogens (tertiary/aromatic N) is 3. The van der Waals surface area contributed by atoms with E-state index in [9.17, 15) is 0 Å². The zero-order valence-electron chi connectivity index (χ0n) is 9.96. The molecule has 0 radical (unpaired) electrons. The van der Waals surface area contributed by atoms with Crippen LogP contribution in [0, 0.1) is 0 Å². The van der Waals surface area contributed by atoms with Gasteiger partial charge in [0, 0.05) is 35.8 Å². The normalized spacial score (nSPS) is 10.9. The molecular formula is C13H13N5. The molecule has 4 N–H and O–H groups in total. The van der Waals surface area contributed by atoms with E-state index in [0.29, 0.717) is 5.82 Å². The highest BCUT2D eigenvalue weighted by molar-refractivity contribution is 5.95. The summed E-state index contributed by atoms with van der Waals surface area (Å²) in [5.41, 5.74) is 14.2. The Morgan fingerprint density at radius 3 is 2.67 bits per heavy atom. The molecule has 0 aliphatic rings. The van der Waals surface area contributed by atoms with Crippen molar-refractivity contribution in [1.29, 1.82) is 0 Å². The van der Waals surface area contributed by atoms with Crippen LogP contribution in [0.25, 0.3) is 22.2 Å². The standard InChI is InChI=1S/C13H13N5/c1-18-7-9(8-4-2-3-5-11(8)18)10-6-12(14)17-13(15)16-10/h2-7H,1H3,(H4,14,15,16,17). The van der Waals surface area contributed by atoms with Crippen LogP contribution in [-0.4, -0.2) is 14.5 Å². The number of anilines is 2. The van der Waals surface area contributed by atoms with Gasteiger partial charge in [-0.25, -0.2) is 4.98 Å². The Morgan fingerprint density at radius 2 is 1.89 bits per heavy atom. The monoisotopic (exact) mass is 239 g/mol. The molecule has 90 valence electrons. The minimum absolute atomic E-state index is 0.193. The van der Waals surface area contributed by atoms with Crippen molar-refractivity contribution >= 4 is 22.7 Å². The Morgan fingerprint density at radius 1 is 1.11 bits per heavy atom. The Hall–Kier alpha value is -2.56. The van der Waals surface area contributed by atoms with Crippen molar-refractivity contribution in [2.45, 2.75) is 0 Å². The first kappa shape index (κ1) is 10.6. The molecular weight excluding hydrogens is 226 g/mol. The summed E-state index contributed by atoms with van der Waals surface area (Å²) in [6.07, 6.45) is 2.02. The van der Waals surface area contributed by atoms with Crippen molar-refractivity contribution in [3.05, 3.63) is 36.5 Å². The van der Waals surface area contributed by atoms with Gasteiger partial charge in [-0.05, 0) is 6.07 Å². The molecule has 0 saturated carbocycles. The van der Waals surface area contributed by atoms with Gasteiger partial charge in [-0.1, -0.05) is 18.2 Å². The average molecular weight is 239 g/mol. The van der Waals surface area contributed by atoms with Gasteiger partial charge in [0.05, 0.1) is 5.69 Å². The molecule has 2 aromatic heterocycles. The van der Waals surface area contributed by atoms with Crippen molar-refractivity contribution in [2.75, 3.05) is 11.5 Å². The van der Waals surface area contributed by atoms with Gasteiger partial charge >= 0.3 is 0 Å². The van der Waals surface area contributed by atoms with E-state index in [4.69, 9.17) is 11.5 Å². The molecule has 5 nitrogen and oxygen atoms in total. The molecule has 0 spiro atoms. The Kier molecular flexibility index (Phi) is 2.19. The smallest absolute Gasteiger partial charge is 0.222 e. The van der Waals surface area contributed by atoms with Crippen LogP contribution in [0.15, 0.2) is 36.5 Å². The maximum absolute atomic E-state index is 5.71.